The van der Waals surface area contributed by atoms with E-state index in [9.17, 15) is 17.2 Å². The maximum atomic E-state index is 13.3. The van der Waals surface area contributed by atoms with Gasteiger partial charge in [0, 0.05) is 18.2 Å². The Bertz CT molecular complexity index is 1080. The summed E-state index contributed by atoms with van der Waals surface area (Å²) in [7, 11) is -1.79. The molecule has 8 nitrogen and oxygen atoms in total. The minimum absolute atomic E-state index is 0.134. The zero-order valence-electron chi connectivity index (χ0n) is 16.2. The van der Waals surface area contributed by atoms with Gasteiger partial charge in [-0.05, 0) is 36.4 Å². The fourth-order valence-corrected chi connectivity index (χ4v) is 3.10. The fourth-order valence-electron chi connectivity index (χ4n) is 2.64. The Morgan fingerprint density at radius 2 is 1.90 bits per heavy atom. The normalized spacial score (nSPS) is 11.6. The molecular weight excluding hydrogens is 418 g/mol. The predicted octanol–water partition coefficient (Wildman–Crippen LogP) is 2.81. The highest BCUT2D eigenvalue weighted by Gasteiger charge is 2.18. The summed E-state index contributed by atoms with van der Waals surface area (Å²) < 4.78 is 62.8. The lowest BCUT2D eigenvalue weighted by Crippen LogP contribution is -2.26. The molecule has 0 amide bonds. The molecule has 0 saturated carbocycles. The Balaban J connectivity index is 1.82. The Morgan fingerprint density at radius 1 is 1.17 bits per heavy atom. The summed E-state index contributed by atoms with van der Waals surface area (Å²) in [5, 5.41) is 4.01. The molecule has 0 atom stereocenters. The highest BCUT2D eigenvalue weighted by atomic mass is 32.2. The number of hydrogen-bond acceptors (Lipinski definition) is 6. The van der Waals surface area contributed by atoms with Gasteiger partial charge in [0.1, 0.15) is 18.1 Å². The van der Waals surface area contributed by atoms with Crippen molar-refractivity contribution in [3.63, 3.8) is 0 Å². The van der Waals surface area contributed by atoms with Crippen LogP contribution in [0.15, 0.2) is 48.7 Å². The van der Waals surface area contributed by atoms with Crippen LogP contribution in [0, 0.1) is 0 Å². The summed E-state index contributed by atoms with van der Waals surface area (Å²) in [6, 6.07) is 11.4. The van der Waals surface area contributed by atoms with Gasteiger partial charge in [-0.1, -0.05) is 0 Å². The van der Waals surface area contributed by atoms with Crippen molar-refractivity contribution in [3.8, 4) is 28.6 Å². The van der Waals surface area contributed by atoms with Crippen LogP contribution in [-0.2, 0) is 10.0 Å². The van der Waals surface area contributed by atoms with Crippen molar-refractivity contribution in [1.82, 2.24) is 19.5 Å². The van der Waals surface area contributed by atoms with Gasteiger partial charge < -0.3 is 9.47 Å². The quantitative estimate of drug-likeness (QED) is 0.516. The molecule has 11 heteroatoms. The number of nitrogens with zero attached hydrogens (tertiary/aromatic N) is 3. The van der Waals surface area contributed by atoms with Crippen LogP contribution in [-0.4, -0.2) is 49.7 Å². The molecule has 160 valence electrons. The summed E-state index contributed by atoms with van der Waals surface area (Å²) in [4.78, 5) is 4.10. The molecule has 3 rings (SSSR count). The molecule has 0 aliphatic carbocycles. The Kier molecular flexibility index (Phi) is 6.63. The SMILES string of the molecule is COc1ccc(-n2nc(C(F)F)cc2-c2ccc(OCCNS(C)(=O)=O)cc2)cn1. The van der Waals surface area contributed by atoms with Gasteiger partial charge in [0.05, 0.1) is 30.9 Å². The minimum Gasteiger partial charge on any atom is -0.492 e. The highest BCUT2D eigenvalue weighted by molar-refractivity contribution is 7.88. The van der Waals surface area contributed by atoms with Crippen molar-refractivity contribution in [2.75, 3.05) is 26.5 Å². The third-order valence-electron chi connectivity index (χ3n) is 4.01. The molecule has 2 aromatic heterocycles. The molecule has 0 spiro atoms. The summed E-state index contributed by atoms with van der Waals surface area (Å²) in [5.41, 5.74) is 1.26. The Morgan fingerprint density at radius 3 is 2.47 bits per heavy atom. The van der Waals surface area contributed by atoms with Crippen molar-refractivity contribution in [3.05, 3.63) is 54.4 Å². The molecule has 0 aliphatic rings. The van der Waals surface area contributed by atoms with Crippen molar-refractivity contribution in [2.45, 2.75) is 6.43 Å². The number of alkyl halides is 2. The first kappa shape index (κ1) is 21.7. The first-order valence-corrected chi connectivity index (χ1v) is 10.7. The third-order valence-corrected chi connectivity index (χ3v) is 4.74. The first-order valence-electron chi connectivity index (χ1n) is 8.83. The van der Waals surface area contributed by atoms with Gasteiger partial charge in [-0.15, -0.1) is 0 Å². The number of pyridine rings is 1. The zero-order valence-corrected chi connectivity index (χ0v) is 17.1. The Hall–Kier alpha value is -3.05. The van der Waals surface area contributed by atoms with E-state index in [1.807, 2.05) is 0 Å². The molecule has 0 fully saturated rings. The van der Waals surface area contributed by atoms with Crippen molar-refractivity contribution >= 4 is 10.0 Å². The van der Waals surface area contributed by atoms with E-state index in [1.54, 1.807) is 36.4 Å². The van der Waals surface area contributed by atoms with Crippen LogP contribution < -0.4 is 14.2 Å². The van der Waals surface area contributed by atoms with Gasteiger partial charge in [0.2, 0.25) is 15.9 Å². The van der Waals surface area contributed by atoms with E-state index in [1.165, 1.54) is 24.1 Å². The van der Waals surface area contributed by atoms with Crippen LogP contribution in [0.2, 0.25) is 0 Å². The second kappa shape index (κ2) is 9.18. The summed E-state index contributed by atoms with van der Waals surface area (Å²) in [6.07, 6.45) is -0.172. The highest BCUT2D eigenvalue weighted by Crippen LogP contribution is 2.29. The van der Waals surface area contributed by atoms with E-state index in [4.69, 9.17) is 9.47 Å². The molecule has 0 aliphatic heterocycles. The van der Waals surface area contributed by atoms with E-state index >= 15 is 0 Å². The van der Waals surface area contributed by atoms with Crippen LogP contribution in [0.5, 0.6) is 11.6 Å². The number of rotatable bonds is 9. The maximum absolute atomic E-state index is 13.3. The molecule has 0 bridgehead atoms. The minimum atomic E-state index is -3.28. The zero-order chi connectivity index (χ0) is 21.7. The summed E-state index contributed by atoms with van der Waals surface area (Å²) >= 11 is 0. The van der Waals surface area contributed by atoms with Gasteiger partial charge in [0.25, 0.3) is 6.43 Å². The van der Waals surface area contributed by atoms with Gasteiger partial charge in [-0.2, -0.15) is 5.10 Å². The van der Waals surface area contributed by atoms with Gasteiger partial charge in [-0.3, -0.25) is 0 Å². The van der Waals surface area contributed by atoms with Gasteiger partial charge in [-0.25, -0.2) is 31.6 Å². The lowest BCUT2D eigenvalue weighted by molar-refractivity contribution is 0.145. The molecule has 1 N–H and O–H groups in total. The van der Waals surface area contributed by atoms with Crippen LogP contribution in [0.3, 0.4) is 0 Å². The van der Waals surface area contributed by atoms with Crippen LogP contribution in [0.4, 0.5) is 8.78 Å². The first-order chi connectivity index (χ1) is 14.3. The molecule has 30 heavy (non-hydrogen) atoms. The van der Waals surface area contributed by atoms with E-state index in [-0.39, 0.29) is 18.8 Å². The second-order valence-corrected chi connectivity index (χ2v) is 8.10. The molecule has 0 unspecified atom stereocenters. The van der Waals surface area contributed by atoms with Crippen molar-refractivity contribution in [2.24, 2.45) is 0 Å². The average Bonchev–Trinajstić information content (AvgIpc) is 3.17. The Labute approximate surface area is 172 Å². The monoisotopic (exact) mass is 438 g/mol. The number of methoxy groups -OCH3 is 1. The van der Waals surface area contributed by atoms with E-state index in [0.717, 1.165) is 6.26 Å². The predicted molar refractivity (Wildman–Crippen MR) is 107 cm³/mol. The standard InChI is InChI=1S/C19H20F2N4O4S/c1-28-18-8-5-14(12-22-18)25-17(11-16(24-25)19(20)21)13-3-6-15(7-4-13)29-10-9-23-30(2,26)27/h3-8,11-12,19,23H,9-10H2,1-2H3. The summed E-state index contributed by atoms with van der Waals surface area (Å²) in [6.45, 7) is 0.285. The van der Waals surface area contributed by atoms with Crippen molar-refractivity contribution in [1.29, 1.82) is 0 Å². The molecule has 3 aromatic rings. The number of ether oxygens (including phenoxy) is 2. The smallest absolute Gasteiger partial charge is 0.282 e. The number of hydrogen-bond donors (Lipinski definition) is 1. The number of sulfonamides is 1. The number of aromatic nitrogens is 3. The van der Waals surface area contributed by atoms with Crippen molar-refractivity contribution < 1.29 is 26.7 Å². The number of nitrogens with one attached hydrogen (secondary N) is 1. The molecular formula is C19H20F2N4O4S. The maximum Gasteiger partial charge on any atom is 0.282 e. The molecule has 2 heterocycles. The third kappa shape index (κ3) is 5.51. The van der Waals surface area contributed by atoms with Gasteiger partial charge in [0.15, 0.2) is 0 Å². The number of benzene rings is 1. The number of halogens is 2. The van der Waals surface area contributed by atoms with E-state index < -0.39 is 16.4 Å². The fraction of sp³-hybridized carbons (Fsp3) is 0.263. The average molecular weight is 438 g/mol. The largest absolute Gasteiger partial charge is 0.492 e. The van der Waals surface area contributed by atoms with E-state index in [2.05, 4.69) is 14.8 Å². The summed E-state index contributed by atoms with van der Waals surface area (Å²) in [5.74, 6) is 0.911. The van der Waals surface area contributed by atoms with Crippen LogP contribution in [0.25, 0.3) is 16.9 Å². The van der Waals surface area contributed by atoms with Crippen LogP contribution >= 0.6 is 0 Å². The van der Waals surface area contributed by atoms with Crippen LogP contribution in [0.1, 0.15) is 12.1 Å². The lowest BCUT2D eigenvalue weighted by atomic mass is 10.1. The second-order valence-electron chi connectivity index (χ2n) is 6.27. The lowest BCUT2D eigenvalue weighted by Gasteiger charge is -2.10. The van der Waals surface area contributed by atoms with Gasteiger partial charge >= 0.3 is 0 Å². The molecule has 1 aromatic carbocycles. The topological polar surface area (TPSA) is 95.3 Å². The van der Waals surface area contributed by atoms with E-state index in [0.29, 0.717) is 28.6 Å². The molecule has 0 saturated heterocycles. The molecule has 0 radical (unpaired) electrons.